The van der Waals surface area contributed by atoms with Gasteiger partial charge in [-0.2, -0.15) is 13.2 Å². The second-order valence-electron chi connectivity index (χ2n) is 5.43. The molecule has 0 bridgehead atoms. The third-order valence-electron chi connectivity index (χ3n) is 3.67. The standard InChI is InChI=1S/C18H13BrF3NOS/c19-14-7-1-11(2-8-14)9-15-16(10-24)25-17(23-15)12-3-5-13(6-4-12)18(20,21)22/h1-8,24H,9-10H2. The van der Waals surface area contributed by atoms with Gasteiger partial charge in [-0.1, -0.05) is 40.2 Å². The Bertz CT molecular complexity index is 858. The Labute approximate surface area is 155 Å². The molecule has 0 fully saturated rings. The largest absolute Gasteiger partial charge is 0.416 e. The fraction of sp³-hybridized carbons (Fsp3) is 0.167. The highest BCUT2D eigenvalue weighted by Gasteiger charge is 2.30. The van der Waals surface area contributed by atoms with Gasteiger partial charge in [-0.15, -0.1) is 11.3 Å². The quantitative estimate of drug-likeness (QED) is 0.581. The van der Waals surface area contributed by atoms with Crippen molar-refractivity contribution < 1.29 is 18.3 Å². The fourth-order valence-electron chi connectivity index (χ4n) is 2.37. The number of aliphatic hydroxyl groups is 1. The minimum Gasteiger partial charge on any atom is -0.391 e. The summed E-state index contributed by atoms with van der Waals surface area (Å²) in [5.41, 5.74) is 1.70. The molecule has 0 aliphatic rings. The van der Waals surface area contributed by atoms with E-state index in [1.807, 2.05) is 24.3 Å². The van der Waals surface area contributed by atoms with Gasteiger partial charge in [0.1, 0.15) is 5.01 Å². The molecule has 0 unspecified atom stereocenters. The molecule has 3 rings (SSSR count). The number of hydrogen-bond acceptors (Lipinski definition) is 3. The van der Waals surface area contributed by atoms with Crippen molar-refractivity contribution in [2.45, 2.75) is 19.2 Å². The van der Waals surface area contributed by atoms with E-state index in [0.717, 1.165) is 32.7 Å². The third-order valence-corrected chi connectivity index (χ3v) is 5.33. The van der Waals surface area contributed by atoms with Crippen molar-refractivity contribution in [3.8, 4) is 10.6 Å². The molecule has 2 nitrogen and oxygen atoms in total. The number of aromatic nitrogens is 1. The first-order valence-electron chi connectivity index (χ1n) is 7.38. The van der Waals surface area contributed by atoms with Crippen molar-refractivity contribution in [1.29, 1.82) is 0 Å². The smallest absolute Gasteiger partial charge is 0.391 e. The van der Waals surface area contributed by atoms with Crippen LogP contribution in [0.4, 0.5) is 13.2 Å². The Balaban J connectivity index is 1.88. The molecule has 1 heterocycles. The molecule has 0 amide bonds. The monoisotopic (exact) mass is 427 g/mol. The van der Waals surface area contributed by atoms with Crippen LogP contribution in [-0.2, 0) is 19.2 Å². The van der Waals surface area contributed by atoms with Gasteiger partial charge in [-0.05, 0) is 29.8 Å². The highest BCUT2D eigenvalue weighted by molar-refractivity contribution is 9.10. The molecule has 0 spiro atoms. The van der Waals surface area contributed by atoms with Gasteiger partial charge < -0.3 is 5.11 Å². The Morgan fingerprint density at radius 1 is 1.00 bits per heavy atom. The van der Waals surface area contributed by atoms with Gasteiger partial charge >= 0.3 is 6.18 Å². The van der Waals surface area contributed by atoms with Crippen molar-refractivity contribution in [2.24, 2.45) is 0 Å². The van der Waals surface area contributed by atoms with Crippen LogP contribution in [-0.4, -0.2) is 10.1 Å². The van der Waals surface area contributed by atoms with Crippen molar-refractivity contribution in [3.05, 3.63) is 74.7 Å². The first kappa shape index (κ1) is 18.1. The minimum atomic E-state index is -4.36. The predicted octanol–water partition coefficient (Wildman–Crippen LogP) is 5.67. The van der Waals surface area contributed by atoms with E-state index in [4.69, 9.17) is 0 Å². The van der Waals surface area contributed by atoms with Crippen LogP contribution in [0, 0.1) is 0 Å². The van der Waals surface area contributed by atoms with Gasteiger partial charge in [0.2, 0.25) is 0 Å². The van der Waals surface area contributed by atoms with Gasteiger partial charge in [0.15, 0.2) is 0 Å². The minimum absolute atomic E-state index is 0.149. The van der Waals surface area contributed by atoms with Crippen LogP contribution < -0.4 is 0 Å². The van der Waals surface area contributed by atoms with Gasteiger partial charge in [-0.3, -0.25) is 0 Å². The van der Waals surface area contributed by atoms with Crippen LogP contribution in [0.5, 0.6) is 0 Å². The number of aliphatic hydroxyl groups excluding tert-OH is 1. The summed E-state index contributed by atoms with van der Waals surface area (Å²) in [5.74, 6) is 0. The Kier molecular flexibility index (Phi) is 5.27. The summed E-state index contributed by atoms with van der Waals surface area (Å²) in [6.07, 6.45) is -3.80. The molecular weight excluding hydrogens is 415 g/mol. The summed E-state index contributed by atoms with van der Waals surface area (Å²) in [5, 5.41) is 10.2. The molecule has 7 heteroatoms. The van der Waals surface area contributed by atoms with Crippen LogP contribution in [0.2, 0.25) is 0 Å². The summed E-state index contributed by atoms with van der Waals surface area (Å²) in [6, 6.07) is 12.7. The molecule has 0 aliphatic carbocycles. The molecule has 0 radical (unpaired) electrons. The normalized spacial score (nSPS) is 11.7. The number of alkyl halides is 3. The van der Waals surface area contributed by atoms with E-state index >= 15 is 0 Å². The predicted molar refractivity (Wildman–Crippen MR) is 95.4 cm³/mol. The van der Waals surface area contributed by atoms with Crippen molar-refractivity contribution in [3.63, 3.8) is 0 Å². The topological polar surface area (TPSA) is 33.1 Å². The molecule has 2 aromatic carbocycles. The number of rotatable bonds is 4. The summed E-state index contributed by atoms with van der Waals surface area (Å²) in [7, 11) is 0. The van der Waals surface area contributed by atoms with E-state index in [1.165, 1.54) is 23.5 Å². The maximum atomic E-state index is 12.7. The van der Waals surface area contributed by atoms with Crippen LogP contribution in [0.25, 0.3) is 10.6 Å². The van der Waals surface area contributed by atoms with Crippen LogP contribution >= 0.6 is 27.3 Å². The van der Waals surface area contributed by atoms with Gasteiger partial charge in [0, 0.05) is 16.5 Å². The van der Waals surface area contributed by atoms with Gasteiger partial charge in [0.05, 0.1) is 22.7 Å². The van der Waals surface area contributed by atoms with Crippen molar-refractivity contribution in [1.82, 2.24) is 4.98 Å². The summed E-state index contributed by atoms with van der Waals surface area (Å²) < 4.78 is 39.0. The van der Waals surface area contributed by atoms with E-state index in [2.05, 4.69) is 20.9 Å². The average molecular weight is 428 g/mol. The lowest BCUT2D eigenvalue weighted by Crippen LogP contribution is -2.03. The van der Waals surface area contributed by atoms with E-state index in [9.17, 15) is 18.3 Å². The molecule has 0 atom stereocenters. The molecule has 130 valence electrons. The maximum Gasteiger partial charge on any atom is 0.416 e. The molecular formula is C18H13BrF3NOS. The Morgan fingerprint density at radius 2 is 1.64 bits per heavy atom. The number of halogens is 4. The fourth-order valence-corrected chi connectivity index (χ4v) is 3.57. The lowest BCUT2D eigenvalue weighted by molar-refractivity contribution is -0.137. The number of hydrogen-bond donors (Lipinski definition) is 1. The van der Waals surface area contributed by atoms with E-state index < -0.39 is 11.7 Å². The average Bonchev–Trinajstić information content (AvgIpc) is 2.99. The lowest BCUT2D eigenvalue weighted by Gasteiger charge is -2.06. The summed E-state index contributed by atoms with van der Waals surface area (Å²) in [6.45, 7) is -0.149. The number of nitrogens with zero attached hydrogens (tertiary/aromatic N) is 1. The molecule has 3 aromatic rings. The SMILES string of the molecule is OCc1sc(-c2ccc(C(F)(F)F)cc2)nc1Cc1ccc(Br)cc1. The van der Waals surface area contributed by atoms with Crippen LogP contribution in [0.1, 0.15) is 21.7 Å². The molecule has 1 N–H and O–H groups in total. The van der Waals surface area contributed by atoms with E-state index in [0.29, 0.717) is 17.0 Å². The number of benzene rings is 2. The molecule has 0 saturated carbocycles. The van der Waals surface area contributed by atoms with E-state index in [1.54, 1.807) is 0 Å². The first-order chi connectivity index (χ1) is 11.9. The Hall–Kier alpha value is -1.70. The molecule has 1 aromatic heterocycles. The van der Waals surface area contributed by atoms with Crippen molar-refractivity contribution >= 4 is 27.3 Å². The van der Waals surface area contributed by atoms with Gasteiger partial charge in [-0.25, -0.2) is 4.98 Å². The first-order valence-corrected chi connectivity index (χ1v) is 8.99. The zero-order valence-corrected chi connectivity index (χ0v) is 15.3. The van der Waals surface area contributed by atoms with Crippen LogP contribution in [0.3, 0.4) is 0 Å². The van der Waals surface area contributed by atoms with Gasteiger partial charge in [0.25, 0.3) is 0 Å². The highest BCUT2D eigenvalue weighted by atomic mass is 79.9. The number of thiazole rings is 1. The Morgan fingerprint density at radius 3 is 2.20 bits per heavy atom. The highest BCUT2D eigenvalue weighted by Crippen LogP contribution is 2.33. The maximum absolute atomic E-state index is 12.7. The lowest BCUT2D eigenvalue weighted by atomic mass is 10.1. The molecule has 25 heavy (non-hydrogen) atoms. The zero-order chi connectivity index (χ0) is 18.0. The third kappa shape index (κ3) is 4.29. The molecule has 0 aliphatic heterocycles. The van der Waals surface area contributed by atoms with E-state index in [-0.39, 0.29) is 6.61 Å². The summed E-state index contributed by atoms with van der Waals surface area (Å²) >= 11 is 4.68. The molecule has 0 saturated heterocycles. The second-order valence-corrected chi connectivity index (χ2v) is 7.42. The zero-order valence-electron chi connectivity index (χ0n) is 12.8. The van der Waals surface area contributed by atoms with Crippen LogP contribution in [0.15, 0.2) is 53.0 Å². The second kappa shape index (κ2) is 7.27. The van der Waals surface area contributed by atoms with Crippen molar-refractivity contribution in [2.75, 3.05) is 0 Å². The summed E-state index contributed by atoms with van der Waals surface area (Å²) in [4.78, 5) is 5.25.